The fourth-order valence-electron chi connectivity index (χ4n) is 1.97. The van der Waals surface area contributed by atoms with Crippen LogP contribution in [-0.4, -0.2) is 18.5 Å². The van der Waals surface area contributed by atoms with Gasteiger partial charge in [-0.3, -0.25) is 0 Å². The molecule has 4 heteroatoms. The molecule has 17 heavy (non-hydrogen) atoms. The second kappa shape index (κ2) is 5.85. The number of ether oxygens (including phenoxy) is 1. The van der Waals surface area contributed by atoms with Gasteiger partial charge in [0.1, 0.15) is 5.82 Å². The lowest BCUT2D eigenvalue weighted by Crippen LogP contribution is -2.18. The zero-order valence-electron chi connectivity index (χ0n) is 9.99. The highest BCUT2D eigenvalue weighted by Crippen LogP contribution is 2.35. The van der Waals surface area contributed by atoms with E-state index in [0.717, 1.165) is 36.5 Å². The molecule has 1 atom stereocenters. The van der Waals surface area contributed by atoms with Crippen LogP contribution in [0.2, 0.25) is 0 Å². The van der Waals surface area contributed by atoms with Gasteiger partial charge in [0.15, 0.2) is 0 Å². The Morgan fingerprint density at radius 2 is 2.12 bits per heavy atom. The first kappa shape index (κ1) is 12.9. The standard InChI is InChI=1S/C13H18FNOS/c1-9(15)11-3-2-4-12(14)13(11)17-10-5-7-16-8-6-10/h2-4,9-10H,5-8,15H2,1H3/t9-/m1/s1. The van der Waals surface area contributed by atoms with Crippen LogP contribution in [0.4, 0.5) is 4.39 Å². The fraction of sp³-hybridized carbons (Fsp3) is 0.538. The monoisotopic (exact) mass is 255 g/mol. The van der Waals surface area contributed by atoms with E-state index < -0.39 is 0 Å². The molecular weight excluding hydrogens is 237 g/mol. The SMILES string of the molecule is C[C@@H](N)c1cccc(F)c1SC1CCOCC1. The third-order valence-corrected chi connectivity index (χ3v) is 4.41. The average Bonchev–Trinajstić information content (AvgIpc) is 2.33. The van der Waals surface area contributed by atoms with Crippen LogP contribution < -0.4 is 5.73 Å². The first-order valence-corrected chi connectivity index (χ1v) is 6.85. The van der Waals surface area contributed by atoms with Gasteiger partial charge in [0, 0.05) is 29.4 Å². The van der Waals surface area contributed by atoms with Crippen LogP contribution in [0.3, 0.4) is 0 Å². The predicted molar refractivity (Wildman–Crippen MR) is 68.7 cm³/mol. The number of benzene rings is 1. The molecule has 1 heterocycles. The van der Waals surface area contributed by atoms with Gasteiger partial charge in [0.25, 0.3) is 0 Å². The van der Waals surface area contributed by atoms with E-state index >= 15 is 0 Å². The van der Waals surface area contributed by atoms with E-state index in [4.69, 9.17) is 10.5 Å². The third kappa shape index (κ3) is 3.21. The first-order chi connectivity index (χ1) is 8.18. The van der Waals surface area contributed by atoms with Crippen LogP contribution in [0.5, 0.6) is 0 Å². The van der Waals surface area contributed by atoms with Gasteiger partial charge in [0.2, 0.25) is 0 Å². The van der Waals surface area contributed by atoms with Crippen LogP contribution >= 0.6 is 11.8 Å². The highest BCUT2D eigenvalue weighted by molar-refractivity contribution is 8.00. The Balaban J connectivity index is 2.18. The summed E-state index contributed by atoms with van der Waals surface area (Å²) in [5.41, 5.74) is 6.79. The molecule has 0 aliphatic carbocycles. The van der Waals surface area contributed by atoms with Gasteiger partial charge >= 0.3 is 0 Å². The lowest BCUT2D eigenvalue weighted by molar-refractivity contribution is 0.1000. The second-order valence-electron chi connectivity index (χ2n) is 4.38. The minimum Gasteiger partial charge on any atom is -0.381 e. The van der Waals surface area contributed by atoms with Gasteiger partial charge in [-0.05, 0) is 31.4 Å². The lowest BCUT2D eigenvalue weighted by Gasteiger charge is -2.23. The van der Waals surface area contributed by atoms with Crippen molar-refractivity contribution in [1.82, 2.24) is 0 Å². The Labute approximate surface area is 106 Å². The number of halogens is 1. The van der Waals surface area contributed by atoms with Crippen LogP contribution in [0.1, 0.15) is 31.4 Å². The van der Waals surface area contributed by atoms with Crippen molar-refractivity contribution in [3.05, 3.63) is 29.6 Å². The highest BCUT2D eigenvalue weighted by atomic mass is 32.2. The topological polar surface area (TPSA) is 35.2 Å². The molecular formula is C13H18FNOS. The molecule has 94 valence electrons. The quantitative estimate of drug-likeness (QED) is 0.901. The molecule has 0 amide bonds. The molecule has 2 nitrogen and oxygen atoms in total. The summed E-state index contributed by atoms with van der Waals surface area (Å²) in [6.07, 6.45) is 1.97. The minimum absolute atomic E-state index is 0.131. The van der Waals surface area contributed by atoms with Gasteiger partial charge in [-0.2, -0.15) is 0 Å². The molecule has 1 aromatic carbocycles. The van der Waals surface area contributed by atoms with Crippen molar-refractivity contribution in [1.29, 1.82) is 0 Å². The van der Waals surface area contributed by atoms with Gasteiger partial charge in [-0.1, -0.05) is 12.1 Å². The lowest BCUT2D eigenvalue weighted by atomic mass is 10.1. The highest BCUT2D eigenvalue weighted by Gasteiger charge is 2.20. The summed E-state index contributed by atoms with van der Waals surface area (Å²) < 4.78 is 19.2. The maximum absolute atomic E-state index is 13.9. The van der Waals surface area contributed by atoms with Crippen LogP contribution in [0, 0.1) is 5.82 Å². The van der Waals surface area contributed by atoms with E-state index in [0.29, 0.717) is 5.25 Å². The first-order valence-electron chi connectivity index (χ1n) is 5.97. The maximum Gasteiger partial charge on any atom is 0.137 e. The molecule has 2 rings (SSSR count). The Morgan fingerprint density at radius 3 is 2.76 bits per heavy atom. The van der Waals surface area contributed by atoms with Crippen molar-refractivity contribution >= 4 is 11.8 Å². The maximum atomic E-state index is 13.9. The molecule has 0 aromatic heterocycles. The van der Waals surface area contributed by atoms with E-state index in [1.54, 1.807) is 17.8 Å². The Morgan fingerprint density at radius 1 is 1.41 bits per heavy atom. The van der Waals surface area contributed by atoms with Gasteiger partial charge < -0.3 is 10.5 Å². The largest absolute Gasteiger partial charge is 0.381 e. The summed E-state index contributed by atoms with van der Waals surface area (Å²) in [6.45, 7) is 3.45. The van der Waals surface area contributed by atoms with Gasteiger partial charge in [-0.25, -0.2) is 4.39 Å². The fourth-order valence-corrected chi connectivity index (χ4v) is 3.30. The molecule has 1 aliphatic rings. The van der Waals surface area contributed by atoms with Crippen molar-refractivity contribution in [2.45, 2.75) is 36.0 Å². The Kier molecular flexibility index (Phi) is 4.42. The number of nitrogens with two attached hydrogens (primary N) is 1. The zero-order chi connectivity index (χ0) is 12.3. The zero-order valence-corrected chi connectivity index (χ0v) is 10.8. The number of thioether (sulfide) groups is 1. The van der Waals surface area contributed by atoms with E-state index in [1.165, 1.54) is 6.07 Å². The summed E-state index contributed by atoms with van der Waals surface area (Å²) in [5, 5.41) is 0.443. The molecule has 0 spiro atoms. The Bertz CT molecular complexity index is 378. The molecule has 0 saturated carbocycles. The number of hydrogen-bond donors (Lipinski definition) is 1. The Hall–Kier alpha value is -0.580. The summed E-state index contributed by atoms with van der Waals surface area (Å²) in [7, 11) is 0. The number of hydrogen-bond acceptors (Lipinski definition) is 3. The van der Waals surface area contributed by atoms with Gasteiger partial charge in [-0.15, -0.1) is 11.8 Å². The summed E-state index contributed by atoms with van der Waals surface area (Å²) in [6, 6.07) is 5.01. The van der Waals surface area contributed by atoms with Crippen LogP contribution in [0.15, 0.2) is 23.1 Å². The molecule has 1 aromatic rings. The molecule has 0 radical (unpaired) electrons. The summed E-state index contributed by atoms with van der Waals surface area (Å²) in [4.78, 5) is 0.717. The van der Waals surface area contributed by atoms with E-state index in [-0.39, 0.29) is 11.9 Å². The summed E-state index contributed by atoms with van der Waals surface area (Å²) >= 11 is 1.61. The number of rotatable bonds is 3. The van der Waals surface area contributed by atoms with Crippen molar-refractivity contribution in [3.63, 3.8) is 0 Å². The van der Waals surface area contributed by atoms with Crippen LogP contribution in [-0.2, 0) is 4.74 Å². The predicted octanol–water partition coefficient (Wildman–Crippen LogP) is 3.12. The molecule has 0 unspecified atom stereocenters. The normalized spacial score (nSPS) is 19.2. The average molecular weight is 255 g/mol. The van der Waals surface area contributed by atoms with E-state index in [9.17, 15) is 4.39 Å². The molecule has 1 fully saturated rings. The van der Waals surface area contributed by atoms with Crippen LogP contribution in [0.25, 0.3) is 0 Å². The van der Waals surface area contributed by atoms with Crippen molar-refractivity contribution < 1.29 is 9.13 Å². The van der Waals surface area contributed by atoms with E-state index in [1.807, 2.05) is 13.0 Å². The second-order valence-corrected chi connectivity index (χ2v) is 5.69. The molecule has 0 bridgehead atoms. The minimum atomic E-state index is -0.156. The third-order valence-electron chi connectivity index (χ3n) is 2.94. The van der Waals surface area contributed by atoms with Crippen molar-refractivity contribution in [3.8, 4) is 0 Å². The molecule has 1 saturated heterocycles. The van der Waals surface area contributed by atoms with Crippen molar-refractivity contribution in [2.75, 3.05) is 13.2 Å². The van der Waals surface area contributed by atoms with Gasteiger partial charge in [0.05, 0.1) is 0 Å². The molecule has 1 aliphatic heterocycles. The van der Waals surface area contributed by atoms with Crippen molar-refractivity contribution in [2.24, 2.45) is 5.73 Å². The smallest absolute Gasteiger partial charge is 0.137 e. The summed E-state index contributed by atoms with van der Waals surface area (Å²) in [5.74, 6) is -0.156. The van der Waals surface area contributed by atoms with E-state index in [2.05, 4.69) is 0 Å². The molecule has 2 N–H and O–H groups in total.